The van der Waals surface area contributed by atoms with Gasteiger partial charge in [-0.25, -0.2) is 0 Å². The molecule has 18 heavy (non-hydrogen) atoms. The van der Waals surface area contributed by atoms with Crippen molar-refractivity contribution >= 4 is 0 Å². The van der Waals surface area contributed by atoms with Crippen LogP contribution in [0.25, 0.3) is 0 Å². The summed E-state index contributed by atoms with van der Waals surface area (Å²) in [6, 6.07) is 3.41. The summed E-state index contributed by atoms with van der Waals surface area (Å²) in [5.41, 5.74) is 0. The molecule has 0 spiro atoms. The molecule has 3 atom stereocenters. The zero-order valence-corrected chi connectivity index (χ0v) is 12.1. The van der Waals surface area contributed by atoms with Gasteiger partial charge in [-0.2, -0.15) is 0 Å². The summed E-state index contributed by atoms with van der Waals surface area (Å²) in [6.45, 7) is 6.04. The van der Waals surface area contributed by atoms with Gasteiger partial charge in [0.2, 0.25) is 0 Å². The summed E-state index contributed by atoms with van der Waals surface area (Å²) in [5.74, 6) is 0. The van der Waals surface area contributed by atoms with Gasteiger partial charge in [0, 0.05) is 30.7 Å². The number of nitrogens with one attached hydrogen (secondary N) is 1. The van der Waals surface area contributed by atoms with Crippen molar-refractivity contribution in [1.29, 1.82) is 0 Å². The average Bonchev–Trinajstić information content (AvgIpc) is 2.64. The molecule has 0 aliphatic carbocycles. The van der Waals surface area contributed by atoms with Crippen molar-refractivity contribution in [2.45, 2.75) is 69.6 Å². The molecule has 3 heterocycles. The van der Waals surface area contributed by atoms with Crippen molar-refractivity contribution in [3.8, 4) is 0 Å². The maximum Gasteiger partial charge on any atom is 0.0223 e. The highest BCUT2D eigenvalue weighted by Gasteiger charge is 2.41. The molecule has 1 N–H and O–H groups in total. The summed E-state index contributed by atoms with van der Waals surface area (Å²) < 4.78 is 0. The van der Waals surface area contributed by atoms with Crippen LogP contribution in [0.1, 0.15) is 45.4 Å². The van der Waals surface area contributed by atoms with Gasteiger partial charge >= 0.3 is 0 Å². The van der Waals surface area contributed by atoms with Crippen molar-refractivity contribution < 1.29 is 0 Å². The summed E-state index contributed by atoms with van der Waals surface area (Å²) >= 11 is 0. The number of hydrogen-bond acceptors (Lipinski definition) is 3. The summed E-state index contributed by atoms with van der Waals surface area (Å²) in [6.07, 6.45) is 8.48. The Hall–Kier alpha value is -0.120. The molecule has 0 amide bonds. The van der Waals surface area contributed by atoms with Crippen LogP contribution in [0.4, 0.5) is 0 Å². The van der Waals surface area contributed by atoms with Crippen LogP contribution in [0.3, 0.4) is 0 Å². The van der Waals surface area contributed by atoms with Gasteiger partial charge < -0.3 is 10.2 Å². The Morgan fingerprint density at radius 1 is 1.11 bits per heavy atom. The van der Waals surface area contributed by atoms with E-state index in [1.165, 1.54) is 58.2 Å². The van der Waals surface area contributed by atoms with Gasteiger partial charge in [0.05, 0.1) is 0 Å². The van der Waals surface area contributed by atoms with Gasteiger partial charge in [-0.1, -0.05) is 6.92 Å². The molecular weight excluding hydrogens is 222 g/mol. The van der Waals surface area contributed by atoms with E-state index in [0.717, 1.165) is 24.2 Å². The number of rotatable bonds is 3. The predicted molar refractivity (Wildman–Crippen MR) is 75.9 cm³/mol. The largest absolute Gasteiger partial charge is 0.315 e. The Labute approximate surface area is 112 Å². The zero-order chi connectivity index (χ0) is 12.5. The molecule has 3 fully saturated rings. The van der Waals surface area contributed by atoms with E-state index in [0.29, 0.717) is 0 Å². The van der Waals surface area contributed by atoms with Crippen LogP contribution < -0.4 is 5.32 Å². The monoisotopic (exact) mass is 251 g/mol. The second-order valence-corrected chi connectivity index (χ2v) is 6.51. The minimum Gasteiger partial charge on any atom is -0.315 e. The standard InChI is InChI=1S/C15H29N3/c1-3-18(14-5-4-8-16-11-14)15-9-12-6-7-13(10-15)17(12)2/h12-16H,3-11H2,1-2H3. The van der Waals surface area contributed by atoms with E-state index in [1.54, 1.807) is 0 Å². The number of likely N-dealkylation sites (N-methyl/N-ethyl adjacent to an activating group) is 1. The van der Waals surface area contributed by atoms with Crippen LogP contribution in [-0.2, 0) is 0 Å². The minimum atomic E-state index is 0.802. The van der Waals surface area contributed by atoms with E-state index >= 15 is 0 Å². The lowest BCUT2D eigenvalue weighted by atomic mass is 9.93. The Morgan fingerprint density at radius 2 is 1.83 bits per heavy atom. The predicted octanol–water partition coefficient (Wildman–Crippen LogP) is 1.69. The lowest BCUT2D eigenvalue weighted by molar-refractivity contribution is 0.0438. The van der Waals surface area contributed by atoms with E-state index in [-0.39, 0.29) is 0 Å². The molecule has 3 nitrogen and oxygen atoms in total. The maximum atomic E-state index is 3.58. The minimum absolute atomic E-state index is 0.802. The van der Waals surface area contributed by atoms with Crippen LogP contribution >= 0.6 is 0 Å². The molecule has 0 saturated carbocycles. The third-order valence-corrected chi connectivity index (χ3v) is 5.65. The first-order valence-corrected chi connectivity index (χ1v) is 7.98. The smallest absolute Gasteiger partial charge is 0.0223 e. The van der Waals surface area contributed by atoms with Crippen molar-refractivity contribution in [2.75, 3.05) is 26.7 Å². The Bertz CT molecular complexity index is 261. The fourth-order valence-corrected chi connectivity index (χ4v) is 4.58. The molecule has 0 aromatic rings. The molecule has 2 bridgehead atoms. The van der Waals surface area contributed by atoms with Crippen molar-refractivity contribution in [3.63, 3.8) is 0 Å². The topological polar surface area (TPSA) is 18.5 Å². The normalized spacial score (nSPS) is 41.5. The van der Waals surface area contributed by atoms with Crippen molar-refractivity contribution in [1.82, 2.24) is 15.1 Å². The van der Waals surface area contributed by atoms with E-state index < -0.39 is 0 Å². The van der Waals surface area contributed by atoms with Crippen molar-refractivity contribution in [2.24, 2.45) is 0 Å². The number of fused-ring (bicyclic) bond motifs is 2. The van der Waals surface area contributed by atoms with Crippen LogP contribution in [0.15, 0.2) is 0 Å². The van der Waals surface area contributed by atoms with Gasteiger partial charge in [0.25, 0.3) is 0 Å². The fraction of sp³-hybridized carbons (Fsp3) is 1.00. The van der Waals surface area contributed by atoms with E-state index in [4.69, 9.17) is 0 Å². The first kappa shape index (κ1) is 12.9. The third kappa shape index (κ3) is 2.33. The first-order valence-electron chi connectivity index (χ1n) is 7.98. The maximum absolute atomic E-state index is 3.58. The molecule has 3 heteroatoms. The molecule has 3 unspecified atom stereocenters. The van der Waals surface area contributed by atoms with Crippen molar-refractivity contribution in [3.05, 3.63) is 0 Å². The van der Waals surface area contributed by atoms with Gasteiger partial charge in [0.1, 0.15) is 0 Å². The summed E-state index contributed by atoms with van der Waals surface area (Å²) in [7, 11) is 2.34. The summed E-state index contributed by atoms with van der Waals surface area (Å²) in [4.78, 5) is 5.48. The number of piperidine rings is 2. The van der Waals surface area contributed by atoms with Gasteiger partial charge in [-0.05, 0) is 58.7 Å². The fourth-order valence-electron chi connectivity index (χ4n) is 4.58. The SMILES string of the molecule is CCN(C1CCCNC1)C1CC2CCC(C1)N2C. The molecule has 0 aromatic carbocycles. The second kappa shape index (κ2) is 5.48. The van der Waals surface area contributed by atoms with Gasteiger partial charge in [-0.3, -0.25) is 4.90 Å². The molecule has 3 rings (SSSR count). The average molecular weight is 251 g/mol. The molecule has 0 aromatic heterocycles. The Morgan fingerprint density at radius 3 is 2.39 bits per heavy atom. The molecule has 3 saturated heterocycles. The number of hydrogen-bond donors (Lipinski definition) is 1. The number of nitrogens with zero attached hydrogens (tertiary/aromatic N) is 2. The molecular formula is C15H29N3. The molecule has 104 valence electrons. The van der Waals surface area contributed by atoms with E-state index in [2.05, 4.69) is 29.1 Å². The molecule has 3 aliphatic heterocycles. The van der Waals surface area contributed by atoms with Gasteiger partial charge in [-0.15, -0.1) is 0 Å². The quantitative estimate of drug-likeness (QED) is 0.823. The lowest BCUT2D eigenvalue weighted by Crippen LogP contribution is -2.55. The second-order valence-electron chi connectivity index (χ2n) is 6.51. The highest BCUT2D eigenvalue weighted by Crippen LogP contribution is 2.37. The zero-order valence-electron chi connectivity index (χ0n) is 12.1. The third-order valence-electron chi connectivity index (χ3n) is 5.65. The highest BCUT2D eigenvalue weighted by molar-refractivity contribution is 4.98. The Kier molecular flexibility index (Phi) is 3.92. The van der Waals surface area contributed by atoms with E-state index in [9.17, 15) is 0 Å². The Balaban J connectivity index is 1.65. The lowest BCUT2D eigenvalue weighted by Gasteiger charge is -2.45. The molecule has 0 radical (unpaired) electrons. The van der Waals surface area contributed by atoms with Crippen LogP contribution in [-0.4, -0.2) is 60.6 Å². The molecule has 3 aliphatic rings. The van der Waals surface area contributed by atoms with Crippen LogP contribution in [0.5, 0.6) is 0 Å². The van der Waals surface area contributed by atoms with Gasteiger partial charge in [0.15, 0.2) is 0 Å². The van der Waals surface area contributed by atoms with E-state index in [1.807, 2.05) is 0 Å². The first-order chi connectivity index (χ1) is 8.79. The van der Waals surface area contributed by atoms with Crippen LogP contribution in [0.2, 0.25) is 0 Å². The van der Waals surface area contributed by atoms with Crippen LogP contribution in [0, 0.1) is 0 Å². The highest BCUT2D eigenvalue weighted by atomic mass is 15.3. The summed E-state index contributed by atoms with van der Waals surface area (Å²) in [5, 5.41) is 3.58.